The zero-order chi connectivity index (χ0) is 17.8. The van der Waals surface area contributed by atoms with Crippen LogP contribution in [0.3, 0.4) is 0 Å². The SMILES string of the molecule is O=C1C2CCC(C2)C1OCC(C(F)(F)F)(C(F)(F)F)S(=O)(=O)O. The van der Waals surface area contributed by atoms with Gasteiger partial charge in [-0.3, -0.25) is 9.35 Å². The van der Waals surface area contributed by atoms with Gasteiger partial charge in [-0.25, -0.2) is 0 Å². The number of Topliss-reactive ketones (excluding diaryl/α,β-unsaturated/α-hetero) is 1. The molecule has 2 rings (SSSR count). The van der Waals surface area contributed by atoms with Crippen molar-refractivity contribution < 1.29 is 48.8 Å². The number of hydrogen-bond acceptors (Lipinski definition) is 4. The second kappa shape index (κ2) is 5.31. The Morgan fingerprint density at radius 2 is 1.61 bits per heavy atom. The van der Waals surface area contributed by atoms with Crippen LogP contribution in [0, 0.1) is 11.8 Å². The number of alkyl halides is 6. The van der Waals surface area contributed by atoms with Crippen LogP contribution in [0.5, 0.6) is 0 Å². The fraction of sp³-hybridized carbons (Fsp3) is 0.909. The zero-order valence-electron chi connectivity index (χ0n) is 11.3. The highest BCUT2D eigenvalue weighted by atomic mass is 32.2. The third kappa shape index (κ3) is 2.74. The van der Waals surface area contributed by atoms with E-state index in [2.05, 4.69) is 4.74 Å². The number of ketones is 1. The van der Waals surface area contributed by atoms with E-state index in [9.17, 15) is 39.6 Å². The van der Waals surface area contributed by atoms with Crippen LogP contribution < -0.4 is 0 Å². The molecule has 3 atom stereocenters. The largest absolute Gasteiger partial charge is 0.421 e. The summed E-state index contributed by atoms with van der Waals surface area (Å²) in [5, 5.41) is 0. The van der Waals surface area contributed by atoms with Crippen LogP contribution in [0.4, 0.5) is 26.3 Å². The molecule has 0 heterocycles. The van der Waals surface area contributed by atoms with Crippen molar-refractivity contribution in [3.8, 4) is 0 Å². The van der Waals surface area contributed by atoms with Crippen LogP contribution in [0.1, 0.15) is 19.3 Å². The highest BCUT2D eigenvalue weighted by molar-refractivity contribution is 7.87. The van der Waals surface area contributed by atoms with Crippen LogP contribution in [0.25, 0.3) is 0 Å². The van der Waals surface area contributed by atoms with Crippen LogP contribution >= 0.6 is 0 Å². The molecule has 0 radical (unpaired) electrons. The van der Waals surface area contributed by atoms with Crippen molar-refractivity contribution in [2.24, 2.45) is 11.8 Å². The number of carbonyl (C=O) groups is 1. The number of fused-ring (bicyclic) bond motifs is 2. The summed E-state index contributed by atoms with van der Waals surface area (Å²) in [6, 6.07) is 0. The zero-order valence-corrected chi connectivity index (χ0v) is 12.1. The monoisotopic (exact) mass is 370 g/mol. The predicted octanol–water partition coefficient (Wildman–Crippen LogP) is 2.12. The lowest BCUT2D eigenvalue weighted by atomic mass is 9.96. The van der Waals surface area contributed by atoms with Gasteiger partial charge in [-0.15, -0.1) is 0 Å². The highest BCUT2D eigenvalue weighted by Crippen LogP contribution is 2.50. The fourth-order valence-electron chi connectivity index (χ4n) is 3.13. The summed E-state index contributed by atoms with van der Waals surface area (Å²) in [7, 11) is -6.65. The highest BCUT2D eigenvalue weighted by Gasteiger charge is 2.79. The van der Waals surface area contributed by atoms with Crippen molar-refractivity contribution in [2.75, 3.05) is 6.61 Å². The van der Waals surface area contributed by atoms with E-state index in [0.29, 0.717) is 19.3 Å². The molecule has 0 aromatic rings. The molecular formula is C11H12F6O5S. The third-order valence-electron chi connectivity index (χ3n) is 4.41. The van der Waals surface area contributed by atoms with Gasteiger partial charge in [-0.2, -0.15) is 34.8 Å². The first-order valence-corrected chi connectivity index (χ1v) is 7.92. The molecular weight excluding hydrogens is 358 g/mol. The summed E-state index contributed by atoms with van der Waals surface area (Å²) < 4.78 is 107. The van der Waals surface area contributed by atoms with E-state index in [0.717, 1.165) is 0 Å². The van der Waals surface area contributed by atoms with Crippen molar-refractivity contribution in [1.29, 1.82) is 0 Å². The first kappa shape index (κ1) is 18.5. The van der Waals surface area contributed by atoms with E-state index in [1.54, 1.807) is 0 Å². The van der Waals surface area contributed by atoms with Crippen molar-refractivity contribution in [1.82, 2.24) is 0 Å². The van der Waals surface area contributed by atoms with Crippen molar-refractivity contribution in [3.63, 3.8) is 0 Å². The molecule has 5 nitrogen and oxygen atoms in total. The molecule has 0 saturated heterocycles. The molecule has 0 spiro atoms. The Bertz CT molecular complexity index is 581. The molecule has 2 saturated carbocycles. The second-order valence-electron chi connectivity index (χ2n) is 5.70. The molecule has 3 unspecified atom stereocenters. The number of carbonyl (C=O) groups excluding carboxylic acids is 1. The van der Waals surface area contributed by atoms with Gasteiger partial charge in [0.2, 0.25) is 0 Å². The smallest absolute Gasteiger partial charge is 0.368 e. The van der Waals surface area contributed by atoms with Gasteiger partial charge >= 0.3 is 17.1 Å². The molecule has 1 N–H and O–H groups in total. The Morgan fingerprint density at radius 1 is 1.09 bits per heavy atom. The van der Waals surface area contributed by atoms with E-state index < -0.39 is 57.5 Å². The predicted molar refractivity (Wildman–Crippen MR) is 62.0 cm³/mol. The molecule has 2 aliphatic carbocycles. The Balaban J connectivity index is 2.34. The summed E-state index contributed by atoms with van der Waals surface area (Å²) >= 11 is 0. The Kier molecular flexibility index (Phi) is 4.26. The van der Waals surface area contributed by atoms with E-state index in [-0.39, 0.29) is 0 Å². The van der Waals surface area contributed by atoms with E-state index in [1.807, 2.05) is 0 Å². The van der Waals surface area contributed by atoms with Gasteiger partial charge in [0, 0.05) is 5.92 Å². The summed E-state index contributed by atoms with van der Waals surface area (Å²) in [5.41, 5.74) is 0. The lowest BCUT2D eigenvalue weighted by molar-refractivity contribution is -0.281. The summed E-state index contributed by atoms with van der Waals surface area (Å²) in [5.74, 6) is -1.65. The number of halogens is 6. The van der Waals surface area contributed by atoms with Gasteiger partial charge in [-0.1, -0.05) is 0 Å². The number of rotatable bonds is 4. The van der Waals surface area contributed by atoms with Gasteiger partial charge < -0.3 is 4.74 Å². The van der Waals surface area contributed by atoms with Crippen molar-refractivity contribution in [3.05, 3.63) is 0 Å². The maximum Gasteiger partial charge on any atom is 0.421 e. The molecule has 23 heavy (non-hydrogen) atoms. The lowest BCUT2D eigenvalue weighted by Gasteiger charge is -2.35. The minimum atomic E-state index is -6.65. The summed E-state index contributed by atoms with van der Waals surface area (Å²) in [6.07, 6.45) is -13.1. The standard InChI is InChI=1S/C11H12F6O5S/c12-10(13,14)9(11(15,16)17,23(19,20)21)4-22-8-6-2-1-5(3-6)7(8)18/h5-6,8H,1-4H2,(H,19,20,21). The minimum Gasteiger partial charge on any atom is -0.368 e. The molecule has 2 fully saturated rings. The molecule has 0 aromatic heterocycles. The molecule has 12 heteroatoms. The third-order valence-corrected chi connectivity index (χ3v) is 5.87. The number of hydrogen-bond donors (Lipinski definition) is 1. The van der Waals surface area contributed by atoms with Gasteiger partial charge in [0.25, 0.3) is 10.1 Å². The molecule has 0 aromatic carbocycles. The lowest BCUT2D eigenvalue weighted by Crippen LogP contribution is -2.65. The maximum atomic E-state index is 12.9. The van der Waals surface area contributed by atoms with Crippen LogP contribution in [-0.2, 0) is 19.6 Å². The Hall–Kier alpha value is -0.880. The molecule has 2 bridgehead atoms. The van der Waals surface area contributed by atoms with Crippen LogP contribution in [0.15, 0.2) is 0 Å². The van der Waals surface area contributed by atoms with Crippen LogP contribution in [-0.4, -0.2) is 48.6 Å². The van der Waals surface area contributed by atoms with Crippen LogP contribution in [0.2, 0.25) is 0 Å². The van der Waals surface area contributed by atoms with Crippen molar-refractivity contribution >= 4 is 15.9 Å². The summed E-state index contributed by atoms with van der Waals surface area (Å²) in [6.45, 7) is -2.42. The van der Waals surface area contributed by atoms with E-state index >= 15 is 0 Å². The quantitative estimate of drug-likeness (QED) is 0.606. The summed E-state index contributed by atoms with van der Waals surface area (Å²) in [4.78, 5) is 11.7. The minimum absolute atomic E-state index is 0.292. The fourth-order valence-corrected chi connectivity index (χ4v) is 3.93. The average Bonchev–Trinajstić information content (AvgIpc) is 2.86. The molecule has 134 valence electrons. The molecule has 0 aliphatic heterocycles. The van der Waals surface area contributed by atoms with E-state index in [4.69, 9.17) is 4.55 Å². The van der Waals surface area contributed by atoms with E-state index in [1.165, 1.54) is 0 Å². The first-order valence-electron chi connectivity index (χ1n) is 6.48. The first-order chi connectivity index (χ1) is 10.2. The Labute approximate surface area is 126 Å². The topological polar surface area (TPSA) is 80.7 Å². The second-order valence-corrected chi connectivity index (χ2v) is 7.35. The Morgan fingerprint density at radius 3 is 1.96 bits per heavy atom. The number of ether oxygens (including phenoxy) is 1. The maximum absolute atomic E-state index is 12.9. The van der Waals surface area contributed by atoms with Crippen molar-refractivity contribution in [2.45, 2.75) is 42.5 Å². The van der Waals surface area contributed by atoms with Gasteiger partial charge in [0.15, 0.2) is 5.78 Å². The van der Waals surface area contributed by atoms with Gasteiger partial charge in [0.05, 0.1) is 6.61 Å². The average molecular weight is 370 g/mol. The molecule has 0 amide bonds. The normalized spacial score (nSPS) is 29.3. The van der Waals surface area contributed by atoms with Gasteiger partial charge in [-0.05, 0) is 25.2 Å². The molecule has 2 aliphatic rings. The van der Waals surface area contributed by atoms with Gasteiger partial charge in [0.1, 0.15) is 6.10 Å².